The Bertz CT molecular complexity index is 312. The zero-order valence-electron chi connectivity index (χ0n) is 11.9. The summed E-state index contributed by atoms with van der Waals surface area (Å²) in [5, 5.41) is 0. The smallest absolute Gasteiger partial charge is 0.223 e. The second kappa shape index (κ2) is 5.04. The summed E-state index contributed by atoms with van der Waals surface area (Å²) in [6, 6.07) is 0. The number of amides is 1. The molecule has 0 N–H and O–H groups in total. The van der Waals surface area contributed by atoms with Crippen LogP contribution in [0.5, 0.6) is 0 Å². The van der Waals surface area contributed by atoms with Crippen LogP contribution in [0, 0.1) is 5.41 Å². The van der Waals surface area contributed by atoms with Gasteiger partial charge in [-0.1, -0.05) is 0 Å². The van der Waals surface area contributed by atoms with Crippen molar-refractivity contribution in [2.45, 2.75) is 45.6 Å². The Morgan fingerprint density at radius 1 is 1.17 bits per heavy atom. The lowest BCUT2D eigenvalue weighted by Crippen LogP contribution is -2.54. The molecule has 1 heterocycles. The van der Waals surface area contributed by atoms with E-state index < -0.39 is 0 Å². The van der Waals surface area contributed by atoms with Crippen molar-refractivity contribution < 1.29 is 4.79 Å². The SMILES string of the molecule is CC(C)(C)N1CCN(C(=O)CC2(CS)CC2)CC1. The monoisotopic (exact) mass is 270 g/mol. The maximum atomic E-state index is 12.2. The first-order chi connectivity index (χ1) is 8.36. The molecular formula is C14H26N2OS. The fraction of sp³-hybridized carbons (Fsp3) is 0.929. The Morgan fingerprint density at radius 2 is 1.72 bits per heavy atom. The molecule has 1 aliphatic heterocycles. The third-order valence-electron chi connectivity index (χ3n) is 4.40. The van der Waals surface area contributed by atoms with Crippen LogP contribution in [0.2, 0.25) is 0 Å². The fourth-order valence-corrected chi connectivity index (χ4v) is 3.05. The number of carbonyl (C=O) groups excluding carboxylic acids is 1. The van der Waals surface area contributed by atoms with Crippen molar-refractivity contribution in [2.24, 2.45) is 5.41 Å². The van der Waals surface area contributed by atoms with Crippen LogP contribution in [-0.2, 0) is 4.79 Å². The number of hydrogen-bond acceptors (Lipinski definition) is 3. The molecule has 1 amide bonds. The van der Waals surface area contributed by atoms with Crippen LogP contribution >= 0.6 is 12.6 Å². The van der Waals surface area contributed by atoms with E-state index in [4.69, 9.17) is 0 Å². The largest absolute Gasteiger partial charge is 0.340 e. The van der Waals surface area contributed by atoms with Gasteiger partial charge in [0.15, 0.2) is 0 Å². The van der Waals surface area contributed by atoms with Crippen LogP contribution in [0.15, 0.2) is 0 Å². The summed E-state index contributed by atoms with van der Waals surface area (Å²) >= 11 is 4.38. The van der Waals surface area contributed by atoms with Crippen LogP contribution in [0.4, 0.5) is 0 Å². The average Bonchev–Trinajstić information content (AvgIpc) is 3.08. The van der Waals surface area contributed by atoms with Gasteiger partial charge in [0.1, 0.15) is 0 Å². The van der Waals surface area contributed by atoms with Crippen LogP contribution in [0.25, 0.3) is 0 Å². The molecule has 2 aliphatic rings. The molecule has 2 fully saturated rings. The van der Waals surface area contributed by atoms with Gasteiger partial charge in [-0.3, -0.25) is 9.69 Å². The van der Waals surface area contributed by atoms with Gasteiger partial charge in [-0.2, -0.15) is 12.6 Å². The van der Waals surface area contributed by atoms with Crippen molar-refractivity contribution in [1.82, 2.24) is 9.80 Å². The molecule has 4 heteroatoms. The second-order valence-electron chi connectivity index (χ2n) is 6.87. The van der Waals surface area contributed by atoms with E-state index >= 15 is 0 Å². The Kier molecular flexibility index (Phi) is 3.98. The van der Waals surface area contributed by atoms with E-state index in [9.17, 15) is 4.79 Å². The van der Waals surface area contributed by atoms with Crippen molar-refractivity contribution >= 4 is 18.5 Å². The van der Waals surface area contributed by atoms with Gasteiger partial charge in [-0.25, -0.2) is 0 Å². The van der Waals surface area contributed by atoms with Crippen molar-refractivity contribution in [2.75, 3.05) is 31.9 Å². The number of hydrogen-bond donors (Lipinski definition) is 1. The number of piperazine rings is 1. The van der Waals surface area contributed by atoms with Crippen LogP contribution in [0.1, 0.15) is 40.0 Å². The molecule has 1 saturated carbocycles. The number of thiol groups is 1. The van der Waals surface area contributed by atoms with Gasteiger partial charge in [0.05, 0.1) is 0 Å². The molecule has 0 aromatic carbocycles. The summed E-state index contributed by atoms with van der Waals surface area (Å²) in [7, 11) is 0. The highest BCUT2D eigenvalue weighted by atomic mass is 32.1. The normalized spacial score (nSPS) is 24.1. The standard InChI is InChI=1S/C14H26N2OS/c1-13(2,3)16-8-6-15(7-9-16)12(17)10-14(11-18)4-5-14/h18H,4-11H2,1-3H3. The summed E-state index contributed by atoms with van der Waals surface area (Å²) < 4.78 is 0. The minimum atomic E-state index is 0.220. The molecule has 0 spiro atoms. The van der Waals surface area contributed by atoms with Gasteiger partial charge in [0, 0.05) is 38.1 Å². The first-order valence-electron chi connectivity index (χ1n) is 7.00. The molecule has 0 aromatic rings. The second-order valence-corrected chi connectivity index (χ2v) is 7.19. The van der Waals surface area contributed by atoms with Gasteiger partial charge in [-0.15, -0.1) is 0 Å². The predicted octanol–water partition coefficient (Wildman–Crippen LogP) is 2.03. The van der Waals surface area contributed by atoms with E-state index in [1.165, 1.54) is 12.8 Å². The third kappa shape index (κ3) is 3.21. The van der Waals surface area contributed by atoms with Gasteiger partial charge < -0.3 is 4.90 Å². The van der Waals surface area contributed by atoms with E-state index in [0.717, 1.165) is 31.9 Å². The van der Waals surface area contributed by atoms with E-state index in [2.05, 4.69) is 38.3 Å². The molecule has 1 saturated heterocycles. The fourth-order valence-electron chi connectivity index (χ4n) is 2.63. The maximum absolute atomic E-state index is 12.2. The molecule has 0 atom stereocenters. The Balaban J connectivity index is 1.81. The lowest BCUT2D eigenvalue weighted by Gasteiger charge is -2.42. The van der Waals surface area contributed by atoms with Crippen LogP contribution in [0.3, 0.4) is 0 Å². The minimum absolute atomic E-state index is 0.220. The van der Waals surface area contributed by atoms with Crippen LogP contribution in [-0.4, -0.2) is 53.2 Å². The topological polar surface area (TPSA) is 23.6 Å². The molecule has 104 valence electrons. The maximum Gasteiger partial charge on any atom is 0.223 e. The summed E-state index contributed by atoms with van der Waals surface area (Å²) in [5.41, 5.74) is 0.472. The van der Waals surface area contributed by atoms with Gasteiger partial charge in [0.2, 0.25) is 5.91 Å². The highest BCUT2D eigenvalue weighted by Crippen LogP contribution is 2.49. The molecule has 0 bridgehead atoms. The summed E-state index contributed by atoms with van der Waals surface area (Å²) in [4.78, 5) is 16.8. The van der Waals surface area contributed by atoms with Crippen LogP contribution < -0.4 is 0 Å². The minimum Gasteiger partial charge on any atom is -0.340 e. The Morgan fingerprint density at radius 3 is 2.11 bits per heavy atom. The summed E-state index contributed by atoms with van der Waals surface area (Å²) in [5.74, 6) is 1.20. The van der Waals surface area contributed by atoms with Gasteiger partial charge in [-0.05, 0) is 44.8 Å². The molecule has 1 aliphatic carbocycles. The average molecular weight is 270 g/mol. The zero-order valence-corrected chi connectivity index (χ0v) is 12.8. The van der Waals surface area contributed by atoms with E-state index in [-0.39, 0.29) is 11.0 Å². The molecule has 0 aromatic heterocycles. The molecular weight excluding hydrogens is 244 g/mol. The Hall–Kier alpha value is -0.220. The van der Waals surface area contributed by atoms with Gasteiger partial charge >= 0.3 is 0 Å². The lowest BCUT2D eigenvalue weighted by atomic mass is 10.0. The van der Waals surface area contributed by atoms with Gasteiger partial charge in [0.25, 0.3) is 0 Å². The first kappa shape index (κ1) is 14.2. The molecule has 0 radical (unpaired) electrons. The Labute approximate surface area is 116 Å². The lowest BCUT2D eigenvalue weighted by molar-refractivity contribution is -0.134. The highest BCUT2D eigenvalue weighted by molar-refractivity contribution is 7.80. The van der Waals surface area contributed by atoms with Crippen molar-refractivity contribution in [1.29, 1.82) is 0 Å². The summed E-state index contributed by atoms with van der Waals surface area (Å²) in [6.07, 6.45) is 3.08. The first-order valence-corrected chi connectivity index (χ1v) is 7.63. The molecule has 3 nitrogen and oxygen atoms in total. The van der Waals surface area contributed by atoms with E-state index in [0.29, 0.717) is 12.3 Å². The highest BCUT2D eigenvalue weighted by Gasteiger charge is 2.44. The summed E-state index contributed by atoms with van der Waals surface area (Å²) in [6.45, 7) is 10.5. The van der Waals surface area contributed by atoms with Crippen molar-refractivity contribution in [3.63, 3.8) is 0 Å². The quantitative estimate of drug-likeness (QED) is 0.793. The molecule has 0 unspecified atom stereocenters. The molecule has 2 rings (SSSR count). The van der Waals surface area contributed by atoms with Crippen molar-refractivity contribution in [3.05, 3.63) is 0 Å². The predicted molar refractivity (Wildman–Crippen MR) is 78.0 cm³/mol. The van der Waals surface area contributed by atoms with E-state index in [1.54, 1.807) is 0 Å². The number of nitrogens with zero attached hydrogens (tertiary/aromatic N) is 2. The molecule has 18 heavy (non-hydrogen) atoms. The number of carbonyl (C=O) groups is 1. The van der Waals surface area contributed by atoms with E-state index in [1.807, 2.05) is 4.90 Å². The van der Waals surface area contributed by atoms with Crippen molar-refractivity contribution in [3.8, 4) is 0 Å². The third-order valence-corrected chi connectivity index (χ3v) is 5.07. The number of rotatable bonds is 3. The zero-order chi connectivity index (χ0) is 13.4.